The van der Waals surface area contributed by atoms with Gasteiger partial charge in [-0.2, -0.15) is 0 Å². The number of benzene rings is 2. The molecule has 0 spiro atoms. The molecule has 3 nitrogen and oxygen atoms in total. The number of hydrogen-bond acceptors (Lipinski definition) is 3. The van der Waals surface area contributed by atoms with Crippen LogP contribution in [0.3, 0.4) is 0 Å². The second kappa shape index (κ2) is 6.44. The topological polar surface area (TPSA) is 42.0 Å². The number of halogens is 3. The van der Waals surface area contributed by atoms with Crippen molar-refractivity contribution in [3.05, 3.63) is 70.1 Å². The van der Waals surface area contributed by atoms with Crippen molar-refractivity contribution in [2.24, 2.45) is 0 Å². The molecule has 0 unspecified atom stereocenters. The molecular formula is C16H9ClF2N2OS. The highest BCUT2D eigenvalue weighted by Gasteiger charge is 2.14. The molecule has 23 heavy (non-hydrogen) atoms. The first-order valence-electron chi connectivity index (χ1n) is 6.51. The summed E-state index contributed by atoms with van der Waals surface area (Å²) in [4.78, 5) is 16.3. The van der Waals surface area contributed by atoms with Gasteiger partial charge in [-0.1, -0.05) is 23.7 Å². The van der Waals surface area contributed by atoms with Crippen molar-refractivity contribution in [3.8, 4) is 11.3 Å². The quantitative estimate of drug-likeness (QED) is 0.722. The summed E-state index contributed by atoms with van der Waals surface area (Å²) >= 11 is 7.04. The van der Waals surface area contributed by atoms with Crippen molar-refractivity contribution in [3.63, 3.8) is 0 Å². The molecular weight excluding hydrogens is 342 g/mol. The van der Waals surface area contributed by atoms with Gasteiger partial charge in [0.05, 0.1) is 11.3 Å². The van der Waals surface area contributed by atoms with Gasteiger partial charge in [0.1, 0.15) is 11.6 Å². The summed E-state index contributed by atoms with van der Waals surface area (Å²) < 4.78 is 26.4. The van der Waals surface area contributed by atoms with Crippen molar-refractivity contribution < 1.29 is 13.6 Å². The third-order valence-electron chi connectivity index (χ3n) is 3.04. The Morgan fingerprint density at radius 1 is 1.13 bits per heavy atom. The fourth-order valence-corrected chi connectivity index (χ4v) is 2.76. The Morgan fingerprint density at radius 2 is 1.87 bits per heavy atom. The molecule has 1 aromatic heterocycles. The SMILES string of the molecule is O=C(Nc1nc(-c2ccc(Cl)cc2)cs1)c1ccc(F)cc1F. The minimum Gasteiger partial charge on any atom is -0.298 e. The van der Waals surface area contributed by atoms with E-state index in [1.807, 2.05) is 12.1 Å². The highest BCUT2D eigenvalue weighted by atomic mass is 35.5. The molecule has 3 rings (SSSR count). The van der Waals surface area contributed by atoms with E-state index in [1.54, 1.807) is 17.5 Å². The van der Waals surface area contributed by atoms with Gasteiger partial charge in [0.15, 0.2) is 5.13 Å². The zero-order valence-corrected chi connectivity index (χ0v) is 13.1. The van der Waals surface area contributed by atoms with Crippen LogP contribution in [0.5, 0.6) is 0 Å². The number of rotatable bonds is 3. The number of nitrogens with one attached hydrogen (secondary N) is 1. The van der Waals surface area contributed by atoms with E-state index in [0.29, 0.717) is 21.9 Å². The van der Waals surface area contributed by atoms with Crippen LogP contribution in [-0.2, 0) is 0 Å². The predicted molar refractivity (Wildman–Crippen MR) is 86.9 cm³/mol. The van der Waals surface area contributed by atoms with E-state index in [1.165, 1.54) is 11.3 Å². The van der Waals surface area contributed by atoms with E-state index in [2.05, 4.69) is 10.3 Å². The van der Waals surface area contributed by atoms with E-state index >= 15 is 0 Å². The summed E-state index contributed by atoms with van der Waals surface area (Å²) in [5.74, 6) is -2.34. The Kier molecular flexibility index (Phi) is 4.36. The van der Waals surface area contributed by atoms with Crippen molar-refractivity contribution in [2.45, 2.75) is 0 Å². The molecule has 3 aromatic rings. The minimum absolute atomic E-state index is 0.241. The summed E-state index contributed by atoms with van der Waals surface area (Å²) in [6, 6.07) is 9.87. The van der Waals surface area contributed by atoms with Gasteiger partial charge in [-0.15, -0.1) is 11.3 Å². The third-order valence-corrected chi connectivity index (χ3v) is 4.05. The summed E-state index contributed by atoms with van der Waals surface area (Å²) in [6.45, 7) is 0. The molecule has 0 atom stereocenters. The minimum atomic E-state index is -0.919. The molecule has 1 amide bonds. The summed E-state index contributed by atoms with van der Waals surface area (Å²) in [6.07, 6.45) is 0. The smallest absolute Gasteiger partial charge is 0.260 e. The Bertz CT molecular complexity index is 865. The van der Waals surface area contributed by atoms with Crippen molar-refractivity contribution in [1.82, 2.24) is 4.98 Å². The number of aromatic nitrogens is 1. The zero-order chi connectivity index (χ0) is 16.4. The van der Waals surface area contributed by atoms with Crippen LogP contribution in [0.4, 0.5) is 13.9 Å². The second-order valence-corrected chi connectivity index (χ2v) is 5.92. The molecule has 0 aliphatic heterocycles. The zero-order valence-electron chi connectivity index (χ0n) is 11.5. The molecule has 116 valence electrons. The van der Waals surface area contributed by atoms with Gasteiger partial charge in [0.2, 0.25) is 0 Å². The van der Waals surface area contributed by atoms with Crippen molar-refractivity contribution in [2.75, 3.05) is 5.32 Å². The normalized spacial score (nSPS) is 10.6. The number of carbonyl (C=O) groups is 1. The van der Waals surface area contributed by atoms with Gasteiger partial charge in [0.25, 0.3) is 5.91 Å². The van der Waals surface area contributed by atoms with Crippen molar-refractivity contribution >= 4 is 34.0 Å². The third kappa shape index (κ3) is 3.55. The van der Waals surface area contributed by atoms with Crippen LogP contribution < -0.4 is 5.32 Å². The van der Waals surface area contributed by atoms with Crippen LogP contribution in [0.25, 0.3) is 11.3 Å². The van der Waals surface area contributed by atoms with E-state index in [0.717, 1.165) is 17.7 Å². The van der Waals surface area contributed by atoms with E-state index in [-0.39, 0.29) is 5.56 Å². The molecule has 1 N–H and O–H groups in total. The first-order valence-corrected chi connectivity index (χ1v) is 7.76. The largest absolute Gasteiger partial charge is 0.298 e. The highest BCUT2D eigenvalue weighted by Crippen LogP contribution is 2.26. The summed E-state index contributed by atoms with van der Waals surface area (Å²) in [5.41, 5.74) is 1.27. The van der Waals surface area contributed by atoms with Gasteiger partial charge in [-0.05, 0) is 24.3 Å². The van der Waals surface area contributed by atoms with E-state index in [4.69, 9.17) is 11.6 Å². The Balaban J connectivity index is 1.78. The van der Waals surface area contributed by atoms with Gasteiger partial charge in [-0.3, -0.25) is 10.1 Å². The monoisotopic (exact) mass is 350 g/mol. The second-order valence-electron chi connectivity index (χ2n) is 4.62. The van der Waals surface area contributed by atoms with Crippen LogP contribution >= 0.6 is 22.9 Å². The maximum Gasteiger partial charge on any atom is 0.260 e. The molecule has 0 aliphatic carbocycles. The Morgan fingerprint density at radius 3 is 2.57 bits per heavy atom. The number of nitrogens with zero attached hydrogens (tertiary/aromatic N) is 1. The van der Waals surface area contributed by atoms with Crippen LogP contribution in [0.2, 0.25) is 5.02 Å². The van der Waals surface area contributed by atoms with E-state index < -0.39 is 17.5 Å². The number of anilines is 1. The molecule has 0 aliphatic rings. The van der Waals surface area contributed by atoms with Gasteiger partial charge in [-0.25, -0.2) is 13.8 Å². The molecule has 7 heteroatoms. The fourth-order valence-electron chi connectivity index (χ4n) is 1.92. The Hall–Kier alpha value is -2.31. The van der Waals surface area contributed by atoms with Gasteiger partial charge in [0, 0.05) is 22.0 Å². The van der Waals surface area contributed by atoms with Crippen molar-refractivity contribution in [1.29, 1.82) is 0 Å². The lowest BCUT2D eigenvalue weighted by atomic mass is 10.2. The van der Waals surface area contributed by atoms with Crippen LogP contribution in [0, 0.1) is 11.6 Å². The molecule has 0 saturated heterocycles. The Labute approximate surface area is 139 Å². The lowest BCUT2D eigenvalue weighted by Gasteiger charge is -2.03. The maximum absolute atomic E-state index is 13.6. The average molecular weight is 351 g/mol. The number of carbonyl (C=O) groups excluding carboxylic acids is 1. The molecule has 0 bridgehead atoms. The van der Waals surface area contributed by atoms with Gasteiger partial charge < -0.3 is 0 Å². The highest BCUT2D eigenvalue weighted by molar-refractivity contribution is 7.14. The lowest BCUT2D eigenvalue weighted by Crippen LogP contribution is -2.13. The molecule has 0 fully saturated rings. The molecule has 2 aromatic carbocycles. The summed E-state index contributed by atoms with van der Waals surface area (Å²) in [5, 5.41) is 5.20. The van der Waals surface area contributed by atoms with Crippen LogP contribution in [-0.4, -0.2) is 10.9 Å². The molecule has 0 radical (unpaired) electrons. The van der Waals surface area contributed by atoms with E-state index in [9.17, 15) is 13.6 Å². The fraction of sp³-hybridized carbons (Fsp3) is 0. The molecule has 1 heterocycles. The number of thiazole rings is 1. The van der Waals surface area contributed by atoms with Crippen LogP contribution in [0.1, 0.15) is 10.4 Å². The maximum atomic E-state index is 13.6. The predicted octanol–water partition coefficient (Wildman–Crippen LogP) is 4.99. The standard InChI is InChI=1S/C16H9ClF2N2OS/c17-10-3-1-9(2-4-10)14-8-23-16(20-14)21-15(22)12-6-5-11(18)7-13(12)19/h1-8H,(H,20,21,22). The summed E-state index contributed by atoms with van der Waals surface area (Å²) in [7, 11) is 0. The van der Waals surface area contributed by atoms with Gasteiger partial charge >= 0.3 is 0 Å². The first kappa shape index (κ1) is 15.6. The van der Waals surface area contributed by atoms with Crippen LogP contribution in [0.15, 0.2) is 47.8 Å². The first-order chi connectivity index (χ1) is 11.0. The average Bonchev–Trinajstić information content (AvgIpc) is 2.96. The number of amides is 1. The lowest BCUT2D eigenvalue weighted by molar-refractivity contribution is 0.102. The molecule has 0 saturated carbocycles. The number of hydrogen-bond donors (Lipinski definition) is 1.